The van der Waals surface area contributed by atoms with E-state index in [0.717, 1.165) is 77.5 Å². The van der Waals surface area contributed by atoms with Crippen LogP contribution in [0.15, 0.2) is 197 Å². The van der Waals surface area contributed by atoms with Crippen molar-refractivity contribution in [2.75, 3.05) is 4.90 Å². The van der Waals surface area contributed by atoms with E-state index < -0.39 is 0 Å². The third-order valence-corrected chi connectivity index (χ3v) is 10.6. The normalized spacial score (nSPS) is 11.8. The third kappa shape index (κ3) is 4.75. The molecule has 0 atom stereocenters. The Morgan fingerprint density at radius 3 is 1.85 bits per heavy atom. The van der Waals surface area contributed by atoms with Gasteiger partial charge in [-0.15, -0.1) is 0 Å². The Labute approximate surface area is 305 Å². The molecule has 0 aliphatic carbocycles. The van der Waals surface area contributed by atoms with Crippen molar-refractivity contribution >= 4 is 82.5 Å². The van der Waals surface area contributed by atoms with Gasteiger partial charge in [0.15, 0.2) is 0 Å². The van der Waals surface area contributed by atoms with Gasteiger partial charge in [0.05, 0.1) is 5.69 Å². The molecule has 0 aliphatic heterocycles. The number of hydrogen-bond donors (Lipinski definition) is 0. The van der Waals surface area contributed by atoms with E-state index in [9.17, 15) is 0 Å². The molecule has 3 nitrogen and oxygen atoms in total. The van der Waals surface area contributed by atoms with Gasteiger partial charge in [0.25, 0.3) is 0 Å². The fourth-order valence-corrected chi connectivity index (χ4v) is 8.12. The van der Waals surface area contributed by atoms with Gasteiger partial charge in [-0.2, -0.15) is 0 Å². The van der Waals surface area contributed by atoms with Crippen molar-refractivity contribution in [1.29, 1.82) is 0 Å². The molecule has 0 saturated heterocycles. The number of fused-ring (bicyclic) bond motifs is 9. The maximum Gasteiger partial charge on any atom is 0.143 e. The van der Waals surface area contributed by atoms with Gasteiger partial charge in [0, 0.05) is 49.8 Å². The molecule has 11 rings (SSSR count). The highest BCUT2D eigenvalue weighted by atomic mass is 16.3. The molecule has 0 radical (unpaired) electrons. The first-order valence-corrected chi connectivity index (χ1v) is 18.0. The maximum absolute atomic E-state index is 6.81. The van der Waals surface area contributed by atoms with Gasteiger partial charge in [-0.05, 0) is 87.6 Å². The number of benzene rings is 9. The second kappa shape index (κ2) is 11.7. The SMILES string of the molecule is c1ccc(-c2cc3c4ccc(N(c5ccc(-c6ccc7oc8ccccc8c7c6)cc5)c5cccc6ccccc56)cc4oc3c3ccccc23)cc1. The molecule has 3 heteroatoms. The summed E-state index contributed by atoms with van der Waals surface area (Å²) in [5.41, 5.74) is 11.5. The van der Waals surface area contributed by atoms with Crippen molar-refractivity contribution in [1.82, 2.24) is 0 Å². The van der Waals surface area contributed by atoms with Gasteiger partial charge in [-0.3, -0.25) is 0 Å². The largest absolute Gasteiger partial charge is 0.456 e. The van der Waals surface area contributed by atoms with Crippen LogP contribution in [-0.2, 0) is 0 Å². The van der Waals surface area contributed by atoms with Crippen LogP contribution >= 0.6 is 0 Å². The van der Waals surface area contributed by atoms with Crippen molar-refractivity contribution in [3.05, 3.63) is 188 Å². The topological polar surface area (TPSA) is 29.5 Å². The predicted octanol–water partition coefficient (Wildman–Crippen LogP) is 14.6. The third-order valence-electron chi connectivity index (χ3n) is 10.6. The summed E-state index contributed by atoms with van der Waals surface area (Å²) in [5.74, 6) is 0. The minimum absolute atomic E-state index is 0.857. The number of para-hydroxylation sites is 1. The molecular formula is C50H31NO2. The van der Waals surface area contributed by atoms with Gasteiger partial charge in [-0.1, -0.05) is 127 Å². The van der Waals surface area contributed by atoms with Gasteiger partial charge < -0.3 is 13.7 Å². The van der Waals surface area contributed by atoms with Crippen LogP contribution in [0.2, 0.25) is 0 Å². The number of nitrogens with zero attached hydrogens (tertiary/aromatic N) is 1. The predicted molar refractivity (Wildman–Crippen MR) is 222 cm³/mol. The molecule has 0 amide bonds. The van der Waals surface area contributed by atoms with Crippen molar-refractivity contribution in [3.8, 4) is 22.3 Å². The monoisotopic (exact) mass is 677 g/mol. The zero-order valence-corrected chi connectivity index (χ0v) is 28.7. The highest BCUT2D eigenvalue weighted by Crippen LogP contribution is 2.44. The first kappa shape index (κ1) is 29.6. The molecule has 0 spiro atoms. The quantitative estimate of drug-likeness (QED) is 0.182. The van der Waals surface area contributed by atoms with E-state index in [1.54, 1.807) is 0 Å². The van der Waals surface area contributed by atoms with Crippen molar-refractivity contribution in [3.63, 3.8) is 0 Å². The van der Waals surface area contributed by atoms with Gasteiger partial charge >= 0.3 is 0 Å². The van der Waals surface area contributed by atoms with E-state index in [2.05, 4.69) is 181 Å². The second-order valence-electron chi connectivity index (χ2n) is 13.7. The first-order valence-electron chi connectivity index (χ1n) is 18.0. The number of rotatable bonds is 5. The second-order valence-corrected chi connectivity index (χ2v) is 13.7. The Kier molecular flexibility index (Phi) is 6.55. The van der Waals surface area contributed by atoms with Crippen LogP contribution < -0.4 is 4.90 Å². The average molecular weight is 678 g/mol. The summed E-state index contributed by atoms with van der Waals surface area (Å²) in [5, 5.41) is 9.15. The molecule has 0 aliphatic rings. The smallest absolute Gasteiger partial charge is 0.143 e. The van der Waals surface area contributed by atoms with E-state index in [0.29, 0.717) is 0 Å². The Morgan fingerprint density at radius 1 is 0.321 bits per heavy atom. The first-order chi connectivity index (χ1) is 26.3. The molecule has 9 aromatic carbocycles. The van der Waals surface area contributed by atoms with Gasteiger partial charge in [-0.25, -0.2) is 0 Å². The summed E-state index contributed by atoms with van der Waals surface area (Å²) in [6.07, 6.45) is 0. The van der Waals surface area contributed by atoms with Crippen molar-refractivity contribution < 1.29 is 8.83 Å². The van der Waals surface area contributed by atoms with Crippen molar-refractivity contribution in [2.24, 2.45) is 0 Å². The average Bonchev–Trinajstić information content (AvgIpc) is 3.79. The summed E-state index contributed by atoms with van der Waals surface area (Å²) in [6, 6.07) is 66.8. The number of anilines is 3. The summed E-state index contributed by atoms with van der Waals surface area (Å²) in [6.45, 7) is 0. The fourth-order valence-electron chi connectivity index (χ4n) is 8.12. The molecule has 0 unspecified atom stereocenters. The van der Waals surface area contributed by atoms with Crippen LogP contribution in [0.5, 0.6) is 0 Å². The van der Waals surface area contributed by atoms with Crippen LogP contribution in [0.25, 0.3) is 87.7 Å². The lowest BCUT2D eigenvalue weighted by atomic mass is 9.95. The molecule has 2 aromatic heterocycles. The Bertz CT molecular complexity index is 3160. The highest BCUT2D eigenvalue weighted by Gasteiger charge is 2.20. The Balaban J connectivity index is 1.08. The Morgan fingerprint density at radius 2 is 0.981 bits per heavy atom. The van der Waals surface area contributed by atoms with E-state index >= 15 is 0 Å². The molecule has 0 fully saturated rings. The summed E-state index contributed by atoms with van der Waals surface area (Å²) >= 11 is 0. The van der Waals surface area contributed by atoms with E-state index in [4.69, 9.17) is 8.83 Å². The maximum atomic E-state index is 6.81. The zero-order chi connectivity index (χ0) is 34.9. The lowest BCUT2D eigenvalue weighted by molar-refractivity contribution is 0.669. The zero-order valence-electron chi connectivity index (χ0n) is 28.7. The number of hydrogen-bond acceptors (Lipinski definition) is 3. The molecule has 248 valence electrons. The summed E-state index contributed by atoms with van der Waals surface area (Å²) < 4.78 is 12.9. The molecule has 0 bridgehead atoms. The van der Waals surface area contributed by atoms with E-state index in [1.165, 1.54) is 27.3 Å². The number of furan rings is 2. The van der Waals surface area contributed by atoms with Crippen molar-refractivity contribution in [2.45, 2.75) is 0 Å². The van der Waals surface area contributed by atoms with Crippen LogP contribution in [0.4, 0.5) is 17.1 Å². The Hall–Kier alpha value is -7.10. The minimum Gasteiger partial charge on any atom is -0.456 e. The lowest BCUT2D eigenvalue weighted by Gasteiger charge is -2.27. The van der Waals surface area contributed by atoms with Crippen LogP contribution in [0, 0.1) is 0 Å². The highest BCUT2D eigenvalue weighted by molar-refractivity contribution is 6.19. The summed E-state index contributed by atoms with van der Waals surface area (Å²) in [7, 11) is 0. The van der Waals surface area contributed by atoms with Gasteiger partial charge in [0.2, 0.25) is 0 Å². The van der Waals surface area contributed by atoms with E-state index in [1.807, 2.05) is 12.1 Å². The molecule has 2 heterocycles. The van der Waals surface area contributed by atoms with Crippen LogP contribution in [0.1, 0.15) is 0 Å². The standard InChI is InChI=1S/C50H31NO2/c1-2-11-34(12-3-1)43-31-45-41-27-26-37(30-49(41)53-50(45)42-18-7-6-16-39(42)43)51(46-19-10-14-33-13-4-5-15-38(33)46)36-24-21-32(22-25-36)35-23-28-48-44(29-35)40-17-8-9-20-47(40)52-48/h1-31H. The summed E-state index contributed by atoms with van der Waals surface area (Å²) in [4.78, 5) is 2.35. The minimum atomic E-state index is 0.857. The molecular weight excluding hydrogens is 647 g/mol. The van der Waals surface area contributed by atoms with E-state index in [-0.39, 0.29) is 0 Å². The molecule has 53 heavy (non-hydrogen) atoms. The fraction of sp³-hybridized carbons (Fsp3) is 0. The lowest BCUT2D eigenvalue weighted by Crippen LogP contribution is -2.10. The molecule has 11 aromatic rings. The molecule has 0 saturated carbocycles. The van der Waals surface area contributed by atoms with Gasteiger partial charge in [0.1, 0.15) is 22.3 Å². The van der Waals surface area contributed by atoms with Crippen LogP contribution in [-0.4, -0.2) is 0 Å². The molecule has 0 N–H and O–H groups in total. The van der Waals surface area contributed by atoms with Crippen LogP contribution in [0.3, 0.4) is 0 Å².